The Morgan fingerprint density at radius 2 is 1.73 bits per heavy atom. The van der Waals surface area contributed by atoms with Crippen molar-refractivity contribution in [2.45, 2.75) is 44.7 Å². The fourth-order valence-corrected chi connectivity index (χ4v) is 4.61. The molecule has 0 atom stereocenters. The molecule has 2 aromatic carbocycles. The first-order valence-corrected chi connectivity index (χ1v) is 11.3. The molecule has 1 aliphatic carbocycles. The number of carbonyl (C=O) groups is 2. The second-order valence-corrected chi connectivity index (χ2v) is 8.48. The van der Waals surface area contributed by atoms with Crippen LogP contribution in [0.1, 0.15) is 48.0 Å². The van der Waals surface area contributed by atoms with E-state index in [0.29, 0.717) is 35.0 Å². The minimum Gasteiger partial charge on any atom is -0.493 e. The van der Waals surface area contributed by atoms with E-state index in [1.54, 1.807) is 27.4 Å². The molecule has 176 valence electrons. The molecule has 0 saturated heterocycles. The van der Waals surface area contributed by atoms with E-state index in [-0.39, 0.29) is 24.4 Å². The number of methoxy groups -OCH3 is 3. The third kappa shape index (κ3) is 4.99. The fraction of sp³-hybridized carbons (Fsp3) is 0.440. The lowest BCUT2D eigenvalue weighted by Gasteiger charge is -2.31. The zero-order valence-corrected chi connectivity index (χ0v) is 19.4. The molecule has 1 saturated carbocycles. The number of anilines is 2. The zero-order valence-electron chi connectivity index (χ0n) is 19.4. The van der Waals surface area contributed by atoms with Crippen molar-refractivity contribution in [1.82, 2.24) is 5.32 Å². The highest BCUT2D eigenvalue weighted by atomic mass is 16.5. The van der Waals surface area contributed by atoms with Crippen LogP contribution in [0.15, 0.2) is 30.3 Å². The van der Waals surface area contributed by atoms with Gasteiger partial charge in [-0.3, -0.25) is 9.59 Å². The van der Waals surface area contributed by atoms with Gasteiger partial charge in [0.15, 0.2) is 11.5 Å². The first-order chi connectivity index (χ1) is 16.0. The van der Waals surface area contributed by atoms with Crippen molar-refractivity contribution in [1.29, 1.82) is 0 Å². The molecule has 0 spiro atoms. The molecular formula is C25H31N3O5. The molecule has 4 rings (SSSR count). The van der Waals surface area contributed by atoms with Crippen LogP contribution < -0.4 is 29.7 Å². The van der Waals surface area contributed by atoms with Gasteiger partial charge in [0, 0.05) is 18.2 Å². The summed E-state index contributed by atoms with van der Waals surface area (Å²) in [5, 5.41) is 6.04. The first kappa shape index (κ1) is 22.8. The number of nitrogens with one attached hydrogen (secondary N) is 2. The van der Waals surface area contributed by atoms with Gasteiger partial charge in [-0.05, 0) is 48.7 Å². The number of rotatable bonds is 7. The smallest absolute Gasteiger partial charge is 0.251 e. The molecule has 2 N–H and O–H groups in total. The molecule has 8 nitrogen and oxygen atoms in total. The lowest BCUT2D eigenvalue weighted by atomic mass is 9.95. The van der Waals surface area contributed by atoms with Crippen LogP contribution in [-0.2, 0) is 11.3 Å². The summed E-state index contributed by atoms with van der Waals surface area (Å²) in [5.41, 5.74) is 2.95. The summed E-state index contributed by atoms with van der Waals surface area (Å²) in [5.74, 6) is 1.42. The summed E-state index contributed by atoms with van der Waals surface area (Å²) in [7, 11) is 4.71. The van der Waals surface area contributed by atoms with E-state index in [1.165, 1.54) is 6.42 Å². The molecule has 0 radical (unpaired) electrons. The predicted molar refractivity (Wildman–Crippen MR) is 127 cm³/mol. The predicted octanol–water partition coefficient (Wildman–Crippen LogP) is 3.73. The molecule has 1 fully saturated rings. The van der Waals surface area contributed by atoms with Crippen LogP contribution in [0, 0.1) is 0 Å². The molecule has 8 heteroatoms. The van der Waals surface area contributed by atoms with Gasteiger partial charge >= 0.3 is 0 Å². The third-order valence-corrected chi connectivity index (χ3v) is 6.25. The van der Waals surface area contributed by atoms with E-state index in [1.807, 2.05) is 29.2 Å². The van der Waals surface area contributed by atoms with Gasteiger partial charge in [-0.25, -0.2) is 0 Å². The Hall–Kier alpha value is -3.42. The van der Waals surface area contributed by atoms with Crippen LogP contribution in [0.2, 0.25) is 0 Å². The monoisotopic (exact) mass is 453 g/mol. The minimum atomic E-state index is -0.125. The summed E-state index contributed by atoms with van der Waals surface area (Å²) in [6.07, 6.45) is 5.59. The van der Waals surface area contributed by atoms with Gasteiger partial charge in [0.05, 0.1) is 39.2 Å². The summed E-state index contributed by atoms with van der Waals surface area (Å²) < 4.78 is 16.3. The molecular weight excluding hydrogens is 422 g/mol. The van der Waals surface area contributed by atoms with Crippen LogP contribution >= 0.6 is 0 Å². The van der Waals surface area contributed by atoms with E-state index >= 15 is 0 Å². The van der Waals surface area contributed by atoms with Crippen LogP contribution in [-0.4, -0.2) is 45.7 Å². The highest BCUT2D eigenvalue weighted by Gasteiger charge is 2.25. The summed E-state index contributed by atoms with van der Waals surface area (Å²) in [6.45, 7) is 0.669. The average Bonchev–Trinajstić information content (AvgIpc) is 2.83. The molecule has 1 heterocycles. The van der Waals surface area contributed by atoms with Crippen LogP contribution in [0.25, 0.3) is 0 Å². The SMILES string of the molecule is COc1cc(CN2CC(=O)Nc3cc(C(=O)NC4CCCCC4)ccc32)cc(OC)c1OC. The topological polar surface area (TPSA) is 89.1 Å². The van der Waals surface area contributed by atoms with E-state index in [2.05, 4.69) is 10.6 Å². The molecule has 2 amide bonds. The van der Waals surface area contributed by atoms with E-state index in [4.69, 9.17) is 14.2 Å². The average molecular weight is 454 g/mol. The molecule has 1 aliphatic heterocycles. The number of benzene rings is 2. The van der Waals surface area contributed by atoms with Crippen molar-refractivity contribution in [2.75, 3.05) is 38.1 Å². The Labute approximate surface area is 194 Å². The maximum absolute atomic E-state index is 12.8. The Bertz CT molecular complexity index is 1010. The molecule has 2 aliphatic rings. The fourth-order valence-electron chi connectivity index (χ4n) is 4.61. The summed E-state index contributed by atoms with van der Waals surface area (Å²) >= 11 is 0. The molecule has 0 bridgehead atoms. The van der Waals surface area contributed by atoms with Gasteiger partial charge in [0.1, 0.15) is 0 Å². The number of nitrogens with zero attached hydrogens (tertiary/aromatic N) is 1. The van der Waals surface area contributed by atoms with Crippen molar-refractivity contribution in [3.8, 4) is 17.2 Å². The van der Waals surface area contributed by atoms with Crippen LogP contribution in [0.5, 0.6) is 17.2 Å². The largest absolute Gasteiger partial charge is 0.493 e. The second-order valence-electron chi connectivity index (χ2n) is 8.48. The highest BCUT2D eigenvalue weighted by molar-refractivity contribution is 6.04. The number of amides is 2. The Morgan fingerprint density at radius 3 is 2.36 bits per heavy atom. The van der Waals surface area contributed by atoms with Crippen molar-refractivity contribution < 1.29 is 23.8 Å². The number of ether oxygens (including phenoxy) is 3. The number of hydrogen-bond acceptors (Lipinski definition) is 6. The highest BCUT2D eigenvalue weighted by Crippen LogP contribution is 2.39. The summed E-state index contributed by atoms with van der Waals surface area (Å²) in [4.78, 5) is 27.2. The molecule has 0 unspecified atom stereocenters. The van der Waals surface area contributed by atoms with Gasteiger partial charge in [-0.2, -0.15) is 0 Å². The van der Waals surface area contributed by atoms with E-state index < -0.39 is 0 Å². The van der Waals surface area contributed by atoms with Crippen molar-refractivity contribution >= 4 is 23.2 Å². The normalized spacial score (nSPS) is 16.0. The van der Waals surface area contributed by atoms with Gasteiger partial charge < -0.3 is 29.7 Å². The minimum absolute atomic E-state index is 0.0966. The van der Waals surface area contributed by atoms with Gasteiger partial charge in [0.25, 0.3) is 5.91 Å². The maximum Gasteiger partial charge on any atom is 0.251 e. The van der Waals surface area contributed by atoms with Gasteiger partial charge in [0.2, 0.25) is 11.7 Å². The van der Waals surface area contributed by atoms with Crippen molar-refractivity contribution in [3.63, 3.8) is 0 Å². The number of carbonyl (C=O) groups excluding carboxylic acids is 2. The number of hydrogen-bond donors (Lipinski definition) is 2. The lowest BCUT2D eigenvalue weighted by molar-refractivity contribution is -0.115. The maximum atomic E-state index is 12.8. The third-order valence-electron chi connectivity index (χ3n) is 6.25. The first-order valence-electron chi connectivity index (χ1n) is 11.3. The van der Waals surface area contributed by atoms with Crippen LogP contribution in [0.3, 0.4) is 0 Å². The lowest BCUT2D eigenvalue weighted by Crippen LogP contribution is -2.38. The second kappa shape index (κ2) is 10.0. The Morgan fingerprint density at radius 1 is 1.03 bits per heavy atom. The molecule has 0 aromatic heterocycles. The standard InChI is InChI=1S/C25H31N3O5/c1-31-21-11-16(12-22(32-2)24(21)33-3)14-28-15-23(29)27-19-13-17(9-10-20(19)28)25(30)26-18-7-5-4-6-8-18/h9-13,18H,4-8,14-15H2,1-3H3,(H,26,30)(H,27,29). The Kier molecular flexibility index (Phi) is 6.91. The molecule has 33 heavy (non-hydrogen) atoms. The van der Waals surface area contributed by atoms with Crippen molar-refractivity contribution in [3.05, 3.63) is 41.5 Å². The van der Waals surface area contributed by atoms with Crippen molar-refractivity contribution in [2.24, 2.45) is 0 Å². The summed E-state index contributed by atoms with van der Waals surface area (Å²) in [6, 6.07) is 9.44. The van der Waals surface area contributed by atoms with E-state index in [9.17, 15) is 9.59 Å². The van der Waals surface area contributed by atoms with Gasteiger partial charge in [-0.15, -0.1) is 0 Å². The van der Waals surface area contributed by atoms with Gasteiger partial charge in [-0.1, -0.05) is 19.3 Å². The molecule has 2 aromatic rings. The van der Waals surface area contributed by atoms with E-state index in [0.717, 1.165) is 36.9 Å². The Balaban J connectivity index is 1.56. The van der Waals surface area contributed by atoms with Crippen LogP contribution in [0.4, 0.5) is 11.4 Å². The number of fused-ring (bicyclic) bond motifs is 1. The quantitative estimate of drug-likeness (QED) is 0.664. The zero-order chi connectivity index (χ0) is 23.4.